The largest absolute Gasteiger partial charge is 0.496 e. The van der Waals surface area contributed by atoms with Crippen LogP contribution in [0.5, 0.6) is 5.75 Å². The zero-order valence-corrected chi connectivity index (χ0v) is 35.1. The molecule has 6 heterocycles. The third-order valence-electron chi connectivity index (χ3n) is 14.5. The van der Waals surface area contributed by atoms with E-state index in [2.05, 4.69) is 52.1 Å². The molecule has 1 spiro atoms. The molecule has 6 aliphatic rings. The Hall–Kier alpha value is -4.29. The summed E-state index contributed by atoms with van der Waals surface area (Å²) in [7, 11) is 1.57. The van der Waals surface area contributed by atoms with Crippen LogP contribution < -0.4 is 9.64 Å². The standard InChI is InChI=1S/C43H52N4O7.H2O4S/c1-7-25-18-26-21-42(38(49)53-5,34-28(24-46(22-25)23-26)27-12-9-10-13-31(27)44-34)30-19-29-32(20-33(30)52-4)45(3)36-41(29)15-17-47-16-11-14-40(8-2,35(41)47)37(48)43(36,51)39(50)54-6;1-5(2,3)4/h9-14,18-20,26,35-37,44,48,51H,7-8,15-17,21-24H2,1-6H3;(H2,1,2,3,4)/t26?,35-,36+,37+,40+,41+,42+,43-;/m0./s1. The summed E-state index contributed by atoms with van der Waals surface area (Å²) in [5, 5.41) is 26.3. The van der Waals surface area contributed by atoms with Crippen LogP contribution in [0, 0.1) is 11.3 Å². The molecular formula is C43H54N4O11S. The summed E-state index contributed by atoms with van der Waals surface area (Å²) in [6.45, 7) is 7.97. The highest BCUT2D eigenvalue weighted by molar-refractivity contribution is 7.79. The average Bonchev–Trinajstić information content (AvgIpc) is 3.86. The number of para-hydroxylation sites is 1. The first-order valence-corrected chi connectivity index (χ1v) is 21.6. The van der Waals surface area contributed by atoms with Crippen molar-refractivity contribution >= 4 is 38.9 Å². The van der Waals surface area contributed by atoms with E-state index in [-0.39, 0.29) is 17.9 Å². The molecule has 1 saturated heterocycles. The average molecular weight is 835 g/mol. The van der Waals surface area contributed by atoms with Gasteiger partial charge in [0.15, 0.2) is 0 Å². The Balaban J connectivity index is 0.000000915. The fraction of sp³-hybridized carbons (Fsp3) is 0.535. The van der Waals surface area contributed by atoms with Crippen LogP contribution in [-0.2, 0) is 46.8 Å². The van der Waals surface area contributed by atoms with E-state index in [1.807, 2.05) is 43.1 Å². The third kappa shape index (κ3) is 5.77. The van der Waals surface area contributed by atoms with Gasteiger partial charge in [-0.05, 0) is 61.4 Å². The van der Waals surface area contributed by atoms with E-state index < -0.39 is 50.4 Å². The SMILES string of the molecule is CCC1=CC2CN(C1)Cc1c([nH]c3ccccc13)[C@](C(=O)OC)(c1cc3c(cc1OC)N(C)[C@H]1[C@@](O)(C(=O)OC)[C@H](O)[C@]4(CC)C=CCN5CC[C@]31[C@@H]54)C2.O=S(=O)(O)O. The lowest BCUT2D eigenvalue weighted by Crippen LogP contribution is -2.80. The first-order chi connectivity index (χ1) is 28.0. The van der Waals surface area contributed by atoms with Gasteiger partial charge in [-0.1, -0.05) is 55.8 Å². The van der Waals surface area contributed by atoms with E-state index in [9.17, 15) is 15.0 Å². The third-order valence-corrected chi connectivity index (χ3v) is 14.5. The molecule has 318 valence electrons. The van der Waals surface area contributed by atoms with Gasteiger partial charge in [0.1, 0.15) is 17.3 Å². The fourth-order valence-electron chi connectivity index (χ4n) is 12.5. The molecule has 9 rings (SSSR count). The van der Waals surface area contributed by atoms with Crippen LogP contribution in [0.3, 0.4) is 0 Å². The van der Waals surface area contributed by atoms with Crippen LogP contribution in [0.15, 0.2) is 60.2 Å². The van der Waals surface area contributed by atoms with Crippen LogP contribution in [-0.4, -0.2) is 133 Å². The Morgan fingerprint density at radius 3 is 2.37 bits per heavy atom. The van der Waals surface area contributed by atoms with Crippen molar-refractivity contribution in [2.45, 2.75) is 80.7 Å². The number of fused-ring (bicyclic) bond motifs is 6. The maximum atomic E-state index is 15.1. The van der Waals surface area contributed by atoms with Gasteiger partial charge in [-0.15, -0.1) is 0 Å². The number of carbonyl (C=O) groups is 2. The van der Waals surface area contributed by atoms with Crippen molar-refractivity contribution in [2.24, 2.45) is 11.3 Å². The van der Waals surface area contributed by atoms with Gasteiger partial charge in [0.25, 0.3) is 0 Å². The number of carbonyl (C=O) groups excluding carboxylic acids is 2. The number of benzene rings is 2. The molecule has 0 radical (unpaired) electrons. The van der Waals surface area contributed by atoms with Crippen LogP contribution in [0.25, 0.3) is 10.9 Å². The second-order valence-corrected chi connectivity index (χ2v) is 17.9. The topological polar surface area (TPSA) is 202 Å². The van der Waals surface area contributed by atoms with E-state index in [0.29, 0.717) is 50.2 Å². The maximum absolute atomic E-state index is 15.1. The van der Waals surface area contributed by atoms with Crippen molar-refractivity contribution in [1.29, 1.82) is 0 Å². The molecule has 2 bridgehead atoms. The number of rotatable bonds is 6. The van der Waals surface area contributed by atoms with E-state index >= 15 is 4.79 Å². The molecule has 5 aliphatic heterocycles. The van der Waals surface area contributed by atoms with E-state index in [0.717, 1.165) is 52.9 Å². The number of hydrogen-bond acceptors (Lipinski definition) is 12. The molecular weight excluding hydrogens is 781 g/mol. The van der Waals surface area contributed by atoms with E-state index in [1.54, 1.807) is 7.11 Å². The number of anilines is 1. The summed E-state index contributed by atoms with van der Waals surface area (Å²) >= 11 is 0. The second-order valence-electron chi connectivity index (χ2n) is 17.0. The number of methoxy groups -OCH3 is 3. The molecule has 2 unspecified atom stereocenters. The van der Waals surface area contributed by atoms with Gasteiger partial charge in [0.2, 0.25) is 5.60 Å². The number of nitrogens with one attached hydrogen (secondary N) is 1. The molecule has 2 fully saturated rings. The maximum Gasteiger partial charge on any atom is 0.394 e. The molecule has 1 saturated carbocycles. The van der Waals surface area contributed by atoms with Crippen molar-refractivity contribution in [3.8, 4) is 5.75 Å². The lowest BCUT2D eigenvalue weighted by Gasteiger charge is -2.63. The first kappa shape index (κ1) is 41.4. The molecule has 5 N–H and O–H groups in total. The molecule has 1 aliphatic carbocycles. The number of nitrogens with zero attached hydrogens (tertiary/aromatic N) is 3. The lowest BCUT2D eigenvalue weighted by molar-refractivity contribution is -0.218. The molecule has 59 heavy (non-hydrogen) atoms. The Labute approximate surface area is 344 Å². The van der Waals surface area contributed by atoms with Gasteiger partial charge in [-0.3, -0.25) is 23.7 Å². The predicted octanol–water partition coefficient (Wildman–Crippen LogP) is 3.53. The quantitative estimate of drug-likeness (QED) is 0.137. The molecule has 2 aromatic carbocycles. The predicted molar refractivity (Wildman–Crippen MR) is 219 cm³/mol. The van der Waals surface area contributed by atoms with E-state index in [1.165, 1.54) is 19.8 Å². The summed E-state index contributed by atoms with van der Waals surface area (Å²) in [6, 6.07) is 11.3. The number of ether oxygens (including phenoxy) is 3. The van der Waals surface area contributed by atoms with Crippen molar-refractivity contribution in [2.75, 3.05) is 59.5 Å². The Bertz CT molecular complexity index is 2370. The number of aliphatic hydroxyl groups excluding tert-OH is 1. The molecule has 15 nitrogen and oxygen atoms in total. The fourth-order valence-corrected chi connectivity index (χ4v) is 12.5. The second kappa shape index (κ2) is 14.4. The van der Waals surface area contributed by atoms with Crippen LogP contribution in [0.4, 0.5) is 5.69 Å². The number of H-pyrrole nitrogens is 1. The Kier molecular flexibility index (Phi) is 10.1. The van der Waals surface area contributed by atoms with Gasteiger partial charge < -0.3 is 34.3 Å². The van der Waals surface area contributed by atoms with Gasteiger partial charge in [0.05, 0.1) is 27.4 Å². The lowest BCUT2D eigenvalue weighted by atomic mass is 9.47. The van der Waals surface area contributed by atoms with Gasteiger partial charge >= 0.3 is 22.3 Å². The van der Waals surface area contributed by atoms with Crippen LogP contribution >= 0.6 is 0 Å². The number of aromatic amines is 1. The van der Waals surface area contributed by atoms with Crippen LogP contribution in [0.1, 0.15) is 61.9 Å². The Morgan fingerprint density at radius 1 is 1.00 bits per heavy atom. The van der Waals surface area contributed by atoms with Crippen molar-refractivity contribution in [1.82, 2.24) is 14.8 Å². The van der Waals surface area contributed by atoms with Crippen molar-refractivity contribution in [3.63, 3.8) is 0 Å². The normalized spacial score (nSPS) is 34.2. The number of aromatic nitrogens is 1. The summed E-state index contributed by atoms with van der Waals surface area (Å²) in [5.41, 5.74) is 1.24. The number of aliphatic hydroxyl groups is 2. The summed E-state index contributed by atoms with van der Waals surface area (Å²) in [5.74, 6) is -0.669. The first-order valence-electron chi connectivity index (χ1n) is 20.2. The van der Waals surface area contributed by atoms with Crippen molar-refractivity contribution in [3.05, 3.63) is 82.6 Å². The van der Waals surface area contributed by atoms with Crippen molar-refractivity contribution < 1.29 is 51.5 Å². The summed E-state index contributed by atoms with van der Waals surface area (Å²) < 4.78 is 49.2. The highest BCUT2D eigenvalue weighted by atomic mass is 32.3. The number of hydrogen-bond donors (Lipinski definition) is 5. The van der Waals surface area contributed by atoms with Gasteiger partial charge in [-0.25, -0.2) is 4.79 Å². The van der Waals surface area contributed by atoms with Crippen LogP contribution in [0.2, 0.25) is 0 Å². The minimum atomic E-state index is -4.67. The number of likely N-dealkylation sites (N-methyl/N-ethyl adjacent to an activating group) is 1. The zero-order chi connectivity index (χ0) is 42.4. The molecule has 0 amide bonds. The van der Waals surface area contributed by atoms with Gasteiger partial charge in [-0.2, -0.15) is 8.42 Å². The Morgan fingerprint density at radius 2 is 1.71 bits per heavy atom. The minimum Gasteiger partial charge on any atom is -0.496 e. The molecule has 16 heteroatoms. The minimum absolute atomic E-state index is 0.0475. The molecule has 3 aromatic rings. The highest BCUT2D eigenvalue weighted by Crippen LogP contribution is 2.67. The highest BCUT2D eigenvalue weighted by Gasteiger charge is 2.79. The zero-order valence-electron chi connectivity index (χ0n) is 34.3. The molecule has 9 atom stereocenters. The summed E-state index contributed by atoms with van der Waals surface area (Å²) in [4.78, 5) is 39.7. The monoisotopic (exact) mass is 834 g/mol. The smallest absolute Gasteiger partial charge is 0.394 e. The molecule has 1 aromatic heterocycles. The van der Waals surface area contributed by atoms with E-state index in [4.69, 9.17) is 31.7 Å². The summed E-state index contributed by atoms with van der Waals surface area (Å²) in [6.07, 6.45) is 7.52. The number of esters is 2. The van der Waals surface area contributed by atoms with Gasteiger partial charge in [0, 0.05) is 84.0 Å².